The molecule has 11 heteroatoms. The van der Waals surface area contributed by atoms with Gasteiger partial charge >= 0.3 is 0 Å². The van der Waals surface area contributed by atoms with Gasteiger partial charge in [0.2, 0.25) is 5.91 Å². The van der Waals surface area contributed by atoms with Crippen molar-refractivity contribution in [1.29, 1.82) is 0 Å². The van der Waals surface area contributed by atoms with Crippen LogP contribution in [0.5, 0.6) is 0 Å². The molecule has 1 atom stereocenters. The zero-order chi connectivity index (χ0) is 26.2. The van der Waals surface area contributed by atoms with Crippen molar-refractivity contribution in [3.05, 3.63) is 70.2 Å². The highest BCUT2D eigenvalue weighted by molar-refractivity contribution is 5.91. The first-order valence-corrected chi connectivity index (χ1v) is 12.6. The predicted molar refractivity (Wildman–Crippen MR) is 136 cm³/mol. The Bertz CT molecular complexity index is 1270. The fourth-order valence-corrected chi connectivity index (χ4v) is 4.40. The molecule has 2 amide bonds. The number of amides is 2. The fourth-order valence-electron chi connectivity index (χ4n) is 4.40. The summed E-state index contributed by atoms with van der Waals surface area (Å²) in [5, 5.41) is 13.2. The Morgan fingerprint density at radius 1 is 1.22 bits per heavy atom. The monoisotopic (exact) mass is 509 g/mol. The van der Waals surface area contributed by atoms with E-state index in [1.807, 2.05) is 19.1 Å². The second-order valence-electron chi connectivity index (χ2n) is 9.55. The molecule has 0 aliphatic heterocycles. The first kappa shape index (κ1) is 26.2. The molecule has 1 unspecified atom stereocenters. The van der Waals surface area contributed by atoms with Crippen molar-refractivity contribution in [2.75, 3.05) is 5.32 Å². The third kappa shape index (κ3) is 7.80. The number of hydrogen-bond acceptors (Lipinski definition) is 6. The molecule has 0 saturated heterocycles. The number of carbonyl (C=O) groups is 2. The van der Waals surface area contributed by atoms with Gasteiger partial charge in [0, 0.05) is 49.4 Å². The van der Waals surface area contributed by atoms with Crippen molar-refractivity contribution in [3.8, 4) is 0 Å². The average molecular weight is 510 g/mol. The molecule has 196 valence electrons. The molecule has 2 N–H and O–H groups in total. The van der Waals surface area contributed by atoms with E-state index in [0.717, 1.165) is 24.1 Å². The van der Waals surface area contributed by atoms with Crippen LogP contribution in [0.25, 0.3) is 0 Å². The number of nitrogens with one attached hydrogen (secondary N) is 2. The molecule has 1 aliphatic rings. The molecule has 3 aromatic rings. The summed E-state index contributed by atoms with van der Waals surface area (Å²) in [6, 6.07) is 6.74. The highest BCUT2D eigenvalue weighted by Gasteiger charge is 2.19. The summed E-state index contributed by atoms with van der Waals surface area (Å²) >= 11 is 0. The molecule has 0 bridgehead atoms. The van der Waals surface area contributed by atoms with E-state index in [-0.39, 0.29) is 36.7 Å². The quantitative estimate of drug-likeness (QED) is 0.410. The van der Waals surface area contributed by atoms with Crippen LogP contribution >= 0.6 is 0 Å². The van der Waals surface area contributed by atoms with Crippen molar-refractivity contribution < 1.29 is 14.0 Å². The molecular weight excluding hydrogens is 477 g/mol. The summed E-state index contributed by atoms with van der Waals surface area (Å²) in [5.41, 5.74) is 1.97. The zero-order valence-electron chi connectivity index (χ0n) is 20.9. The van der Waals surface area contributed by atoms with Gasteiger partial charge in [-0.2, -0.15) is 0 Å². The highest BCUT2D eigenvalue weighted by atomic mass is 19.1. The number of pyridine rings is 2. The molecule has 4 rings (SSSR count). The molecule has 1 aliphatic carbocycles. The molecule has 37 heavy (non-hydrogen) atoms. The summed E-state index contributed by atoms with van der Waals surface area (Å²) in [7, 11) is 0. The van der Waals surface area contributed by atoms with E-state index in [4.69, 9.17) is 0 Å². The Labute approximate surface area is 214 Å². The minimum Gasteiger partial charge on any atom is -0.346 e. The minimum atomic E-state index is -1.30. The van der Waals surface area contributed by atoms with Crippen molar-refractivity contribution in [3.63, 3.8) is 0 Å². The zero-order valence-corrected chi connectivity index (χ0v) is 20.9. The van der Waals surface area contributed by atoms with E-state index in [9.17, 15) is 18.8 Å². The lowest BCUT2D eigenvalue weighted by atomic mass is 10.0. The Balaban J connectivity index is 1.21. The number of aryl methyl sites for hydroxylation is 2. The largest absolute Gasteiger partial charge is 0.346 e. The number of halogens is 1. The normalized spacial score (nSPS) is 14.4. The van der Waals surface area contributed by atoms with Crippen LogP contribution in [0.4, 0.5) is 10.1 Å². The third-order valence-corrected chi connectivity index (χ3v) is 6.49. The van der Waals surface area contributed by atoms with E-state index >= 15 is 0 Å². The smallest absolute Gasteiger partial charge is 0.273 e. The Kier molecular flexibility index (Phi) is 8.76. The Hall–Kier alpha value is -3.89. The van der Waals surface area contributed by atoms with Gasteiger partial charge in [0.15, 0.2) is 5.69 Å². The second kappa shape index (κ2) is 12.4. The topological polar surface area (TPSA) is 124 Å². The molecule has 10 nitrogen and oxygen atoms in total. The molecule has 0 aromatic carbocycles. The van der Waals surface area contributed by atoms with Crippen molar-refractivity contribution in [2.45, 2.75) is 71.3 Å². The lowest BCUT2D eigenvalue weighted by Gasteiger charge is -2.12. The van der Waals surface area contributed by atoms with E-state index in [1.165, 1.54) is 34.4 Å². The van der Waals surface area contributed by atoms with Crippen molar-refractivity contribution in [1.82, 2.24) is 29.9 Å². The minimum absolute atomic E-state index is 0.0785. The molecule has 3 heterocycles. The number of aromatic nitrogens is 5. The van der Waals surface area contributed by atoms with Gasteiger partial charge in [-0.3, -0.25) is 19.4 Å². The fraction of sp³-hybridized carbons (Fsp3) is 0.462. The highest BCUT2D eigenvalue weighted by Crippen LogP contribution is 2.27. The van der Waals surface area contributed by atoms with Crippen LogP contribution in [-0.4, -0.2) is 42.5 Å². The molecule has 1 saturated carbocycles. The first-order valence-electron chi connectivity index (χ1n) is 12.6. The summed E-state index contributed by atoms with van der Waals surface area (Å²) in [6.07, 6.45) is 8.39. The van der Waals surface area contributed by atoms with E-state index < -0.39 is 12.1 Å². The van der Waals surface area contributed by atoms with Crippen LogP contribution in [0, 0.1) is 12.8 Å². The number of anilines is 1. The lowest BCUT2D eigenvalue weighted by molar-refractivity contribution is -0.117. The molecule has 0 radical (unpaired) electrons. The van der Waals surface area contributed by atoms with E-state index in [2.05, 4.69) is 25.9 Å². The summed E-state index contributed by atoms with van der Waals surface area (Å²) in [5.74, 6) is -0.0707. The second-order valence-corrected chi connectivity index (χ2v) is 9.55. The van der Waals surface area contributed by atoms with Crippen LogP contribution in [0.2, 0.25) is 0 Å². The molecule has 0 spiro atoms. The van der Waals surface area contributed by atoms with Crippen LogP contribution in [-0.2, 0) is 24.4 Å². The predicted octanol–water partition coefficient (Wildman–Crippen LogP) is 3.02. The van der Waals surface area contributed by atoms with Gasteiger partial charge in [0.05, 0.1) is 12.7 Å². The molecular formula is C26H32FN7O3. The van der Waals surface area contributed by atoms with Gasteiger partial charge in [0.1, 0.15) is 6.17 Å². The third-order valence-electron chi connectivity index (χ3n) is 6.49. The summed E-state index contributed by atoms with van der Waals surface area (Å²) in [4.78, 5) is 41.1. The number of carbonyl (C=O) groups excluding carboxylic acids is 2. The maximum atomic E-state index is 14.6. The molecule has 3 aromatic heterocycles. The van der Waals surface area contributed by atoms with Gasteiger partial charge in [-0.25, -0.2) is 9.07 Å². The number of nitrogens with zero attached hydrogens (tertiary/aromatic N) is 5. The van der Waals surface area contributed by atoms with Crippen molar-refractivity contribution in [2.24, 2.45) is 5.92 Å². The van der Waals surface area contributed by atoms with Crippen LogP contribution in [0.15, 0.2) is 47.7 Å². The van der Waals surface area contributed by atoms with Gasteiger partial charge in [-0.05, 0) is 49.8 Å². The van der Waals surface area contributed by atoms with Crippen molar-refractivity contribution >= 4 is 17.5 Å². The summed E-state index contributed by atoms with van der Waals surface area (Å²) in [6.45, 7) is 2.25. The van der Waals surface area contributed by atoms with Gasteiger partial charge in [0.25, 0.3) is 11.5 Å². The van der Waals surface area contributed by atoms with Gasteiger partial charge < -0.3 is 15.2 Å². The SMILES string of the molecule is Cc1ccc(CNC(=O)c2cn(CC(F)CCn3ccc(NC(=O)CC4CCCC4)cc3=O)nn2)cn1. The molecule has 1 fully saturated rings. The van der Waals surface area contributed by atoms with Crippen LogP contribution in [0.3, 0.4) is 0 Å². The number of hydrogen-bond donors (Lipinski definition) is 2. The lowest BCUT2D eigenvalue weighted by Crippen LogP contribution is -2.24. The first-order chi connectivity index (χ1) is 17.9. The average Bonchev–Trinajstić information content (AvgIpc) is 3.55. The van der Waals surface area contributed by atoms with E-state index in [1.54, 1.807) is 18.5 Å². The summed E-state index contributed by atoms with van der Waals surface area (Å²) < 4.78 is 17.3. The standard InChI is InChI=1S/C26H32FN7O3/c1-18-6-7-20(14-28-18)15-29-26(37)23-17-34(32-31-23)16-21(27)8-10-33-11-9-22(13-25(33)36)30-24(35)12-19-4-2-3-5-19/h6-7,9,11,13-14,17,19,21H,2-5,8,10,12,15-16H2,1H3,(H,29,37)(H,30,35). The Morgan fingerprint density at radius 2 is 2.03 bits per heavy atom. The van der Waals surface area contributed by atoms with Crippen LogP contribution < -0.4 is 16.2 Å². The van der Waals surface area contributed by atoms with Gasteiger partial charge in [-0.15, -0.1) is 5.10 Å². The van der Waals surface area contributed by atoms with E-state index in [0.29, 0.717) is 24.6 Å². The van der Waals surface area contributed by atoms with Gasteiger partial charge in [-0.1, -0.05) is 24.1 Å². The van der Waals surface area contributed by atoms with Crippen LogP contribution in [0.1, 0.15) is 60.3 Å². The number of rotatable bonds is 11. The maximum Gasteiger partial charge on any atom is 0.273 e. The number of alkyl halides is 1. The Morgan fingerprint density at radius 3 is 2.76 bits per heavy atom. The maximum absolute atomic E-state index is 14.6.